The van der Waals surface area contributed by atoms with Crippen LogP contribution in [-0.2, 0) is 21.1 Å². The van der Waals surface area contributed by atoms with E-state index < -0.39 is 27.3 Å². The Kier molecular flexibility index (Phi) is 6.91. The number of halogens is 1. The van der Waals surface area contributed by atoms with Gasteiger partial charge < -0.3 is 15.7 Å². The third kappa shape index (κ3) is 4.93. The largest absolute Gasteiger partial charge is 0.356 e. The number of benzene rings is 2. The summed E-state index contributed by atoms with van der Waals surface area (Å²) in [6, 6.07) is 13.8. The van der Waals surface area contributed by atoms with Crippen molar-refractivity contribution in [3.63, 3.8) is 0 Å². The normalized spacial score (nSPS) is 21.2. The molecule has 2 unspecified atom stereocenters. The molecule has 1 aliphatic heterocycles. The molecular formula is C26H29FN2O4S. The van der Waals surface area contributed by atoms with Crippen LogP contribution >= 0.6 is 0 Å². The maximum Gasteiger partial charge on any atom is 0.252 e. The average molecular weight is 485 g/mol. The van der Waals surface area contributed by atoms with Gasteiger partial charge in [0.15, 0.2) is 9.84 Å². The Bertz CT molecular complexity index is 1250. The first-order chi connectivity index (χ1) is 16.2. The molecule has 6 nitrogen and oxygen atoms in total. The van der Waals surface area contributed by atoms with E-state index in [0.717, 1.165) is 17.2 Å². The van der Waals surface area contributed by atoms with Gasteiger partial charge in [-0.3, -0.25) is 4.79 Å². The zero-order valence-corrected chi connectivity index (χ0v) is 20.0. The van der Waals surface area contributed by atoms with E-state index in [9.17, 15) is 22.7 Å². The Morgan fingerprint density at radius 1 is 1.12 bits per heavy atom. The van der Waals surface area contributed by atoms with Crippen LogP contribution in [0.25, 0.3) is 5.57 Å². The van der Waals surface area contributed by atoms with Crippen molar-refractivity contribution < 1.29 is 22.7 Å². The molecule has 2 atom stereocenters. The molecule has 8 heteroatoms. The highest BCUT2D eigenvalue weighted by Crippen LogP contribution is 2.36. The molecule has 3 N–H and O–H groups in total. The van der Waals surface area contributed by atoms with E-state index in [4.69, 9.17) is 0 Å². The van der Waals surface area contributed by atoms with Crippen LogP contribution in [0.15, 0.2) is 70.8 Å². The molecule has 2 aliphatic rings. The number of sulfone groups is 1. The number of aliphatic hydroxyl groups is 1. The Balaban J connectivity index is 1.59. The molecule has 180 valence electrons. The predicted octanol–water partition coefficient (Wildman–Crippen LogP) is 3.68. The highest BCUT2D eigenvalue weighted by Gasteiger charge is 2.31. The molecule has 2 aromatic rings. The smallest absolute Gasteiger partial charge is 0.252 e. The maximum absolute atomic E-state index is 14.9. The van der Waals surface area contributed by atoms with Crippen molar-refractivity contribution in [1.29, 1.82) is 0 Å². The van der Waals surface area contributed by atoms with Crippen LogP contribution in [0.5, 0.6) is 0 Å². The van der Waals surface area contributed by atoms with E-state index in [1.807, 2.05) is 36.4 Å². The Morgan fingerprint density at radius 2 is 1.85 bits per heavy atom. The summed E-state index contributed by atoms with van der Waals surface area (Å²) in [6.45, 7) is 3.14. The number of carbonyl (C=O) groups is 1. The maximum atomic E-state index is 14.9. The third-order valence-electron chi connectivity index (χ3n) is 6.44. The fourth-order valence-electron chi connectivity index (χ4n) is 4.49. The summed E-state index contributed by atoms with van der Waals surface area (Å²) in [5.74, 6) is -0.874. The quantitative estimate of drug-likeness (QED) is 0.581. The number of hydrogen-bond acceptors (Lipinski definition) is 5. The van der Waals surface area contributed by atoms with Crippen molar-refractivity contribution in [2.45, 2.75) is 56.0 Å². The fraction of sp³-hybridized carbons (Fsp3) is 0.346. The number of carbonyl (C=O) groups excluding carboxylic acids is 1. The van der Waals surface area contributed by atoms with E-state index in [-0.39, 0.29) is 16.7 Å². The van der Waals surface area contributed by atoms with Gasteiger partial charge in [-0.2, -0.15) is 0 Å². The van der Waals surface area contributed by atoms with Crippen molar-refractivity contribution in [2.75, 3.05) is 0 Å². The molecule has 0 fully saturated rings. The van der Waals surface area contributed by atoms with Gasteiger partial charge in [0.2, 0.25) is 6.35 Å². The highest BCUT2D eigenvalue weighted by atomic mass is 32.2. The summed E-state index contributed by atoms with van der Waals surface area (Å²) in [5, 5.41) is 15.0. The summed E-state index contributed by atoms with van der Waals surface area (Å²) in [4.78, 5) is 12.7. The number of allylic oxidation sites excluding steroid dienone is 3. The second-order valence-electron chi connectivity index (χ2n) is 9.01. The second kappa shape index (κ2) is 9.72. The molecule has 0 saturated carbocycles. The minimum absolute atomic E-state index is 0.0137. The fourth-order valence-corrected chi connectivity index (χ4v) is 5.56. The minimum Gasteiger partial charge on any atom is -0.356 e. The number of amides is 1. The van der Waals surface area contributed by atoms with Gasteiger partial charge in [-0.15, -0.1) is 0 Å². The number of rotatable bonds is 6. The Hall–Kier alpha value is -2.97. The first-order valence-electron chi connectivity index (χ1n) is 11.4. The van der Waals surface area contributed by atoms with Gasteiger partial charge in [-0.25, -0.2) is 12.8 Å². The zero-order valence-electron chi connectivity index (χ0n) is 19.2. The van der Waals surface area contributed by atoms with E-state index in [1.165, 1.54) is 12.1 Å². The monoisotopic (exact) mass is 484 g/mol. The van der Waals surface area contributed by atoms with Crippen LogP contribution in [0.3, 0.4) is 0 Å². The van der Waals surface area contributed by atoms with Gasteiger partial charge in [0.05, 0.1) is 10.1 Å². The Labute approximate surface area is 199 Å². The predicted molar refractivity (Wildman–Crippen MR) is 128 cm³/mol. The van der Waals surface area contributed by atoms with E-state index in [1.54, 1.807) is 13.8 Å². The van der Waals surface area contributed by atoms with E-state index in [0.29, 0.717) is 42.5 Å². The molecule has 4 rings (SSSR count). The Morgan fingerprint density at radius 3 is 2.47 bits per heavy atom. The third-order valence-corrected chi connectivity index (χ3v) is 8.59. The molecular weight excluding hydrogens is 455 g/mol. The number of aliphatic hydroxyl groups excluding tert-OH is 1. The number of hydrogen-bond donors (Lipinski definition) is 3. The molecule has 0 saturated heterocycles. The molecule has 1 amide bonds. The van der Waals surface area contributed by atoms with Crippen molar-refractivity contribution >= 4 is 21.3 Å². The summed E-state index contributed by atoms with van der Waals surface area (Å²) in [7, 11) is -3.55. The van der Waals surface area contributed by atoms with Gasteiger partial charge >= 0.3 is 0 Å². The van der Waals surface area contributed by atoms with E-state index >= 15 is 0 Å². The van der Waals surface area contributed by atoms with Crippen molar-refractivity contribution in [2.24, 2.45) is 5.92 Å². The van der Waals surface area contributed by atoms with Crippen LogP contribution in [0.4, 0.5) is 4.39 Å². The summed E-state index contributed by atoms with van der Waals surface area (Å²) >= 11 is 0. The molecule has 0 radical (unpaired) electrons. The summed E-state index contributed by atoms with van der Waals surface area (Å²) in [5.41, 5.74) is 3.51. The van der Waals surface area contributed by atoms with Crippen LogP contribution in [0.2, 0.25) is 0 Å². The molecule has 1 aliphatic carbocycles. The lowest BCUT2D eigenvalue weighted by Gasteiger charge is -2.33. The molecule has 0 bridgehead atoms. The van der Waals surface area contributed by atoms with Gasteiger partial charge in [-0.1, -0.05) is 42.5 Å². The lowest BCUT2D eigenvalue weighted by molar-refractivity contribution is -0.122. The van der Waals surface area contributed by atoms with Gasteiger partial charge in [0, 0.05) is 29.2 Å². The topological polar surface area (TPSA) is 95.5 Å². The highest BCUT2D eigenvalue weighted by molar-refractivity contribution is 7.92. The zero-order chi connectivity index (χ0) is 24.5. The van der Waals surface area contributed by atoms with Crippen LogP contribution in [0.1, 0.15) is 44.2 Å². The standard InChI is InChI=1S/C26H29FN2O4S/c1-16(2)34(32,33)20-12-13-21(23(27)15-20)18-8-10-19(11-9-18)24-22(25(30)29-26(31)28-24)14-17-6-4-3-5-7-17/h3-8,12-13,15-16,19,26,28,31H,9-11,14H2,1-2H3,(H,29,30). The minimum atomic E-state index is -3.55. The molecule has 34 heavy (non-hydrogen) atoms. The SMILES string of the molecule is CC(C)S(=O)(=O)c1ccc(C2=CCC(C3=C(Cc4ccccc4)C(=O)NC(O)N3)CC2)c(F)c1. The van der Waals surface area contributed by atoms with E-state index in [2.05, 4.69) is 10.6 Å². The van der Waals surface area contributed by atoms with Gasteiger partial charge in [0.25, 0.3) is 5.91 Å². The first-order valence-corrected chi connectivity index (χ1v) is 13.0. The van der Waals surface area contributed by atoms with Crippen molar-refractivity contribution in [1.82, 2.24) is 10.6 Å². The van der Waals surface area contributed by atoms with Gasteiger partial charge in [-0.05, 0) is 56.4 Å². The van der Waals surface area contributed by atoms with Crippen LogP contribution in [0, 0.1) is 11.7 Å². The lowest BCUT2D eigenvalue weighted by Crippen LogP contribution is -2.52. The van der Waals surface area contributed by atoms with Crippen molar-refractivity contribution in [3.8, 4) is 0 Å². The lowest BCUT2D eigenvalue weighted by atomic mass is 9.82. The summed E-state index contributed by atoms with van der Waals surface area (Å²) < 4.78 is 39.6. The van der Waals surface area contributed by atoms with Crippen molar-refractivity contribution in [3.05, 3.63) is 82.8 Å². The molecule has 1 heterocycles. The second-order valence-corrected chi connectivity index (χ2v) is 11.5. The summed E-state index contributed by atoms with van der Waals surface area (Å²) in [6.07, 6.45) is 3.03. The van der Waals surface area contributed by atoms with Crippen LogP contribution in [-0.4, -0.2) is 31.0 Å². The molecule has 2 aromatic carbocycles. The van der Waals surface area contributed by atoms with Gasteiger partial charge in [0.1, 0.15) is 5.82 Å². The average Bonchev–Trinajstić information content (AvgIpc) is 2.81. The van der Waals surface area contributed by atoms with Crippen LogP contribution < -0.4 is 10.6 Å². The molecule has 0 aromatic heterocycles. The molecule has 0 spiro atoms. The first kappa shape index (κ1) is 24.2. The number of nitrogens with one attached hydrogen (secondary N) is 2.